The summed E-state index contributed by atoms with van der Waals surface area (Å²) < 4.78 is 69.8. The number of halogens is 3. The first-order chi connectivity index (χ1) is 15.9. The van der Waals surface area contributed by atoms with Gasteiger partial charge in [0.1, 0.15) is 0 Å². The second-order valence-corrected chi connectivity index (χ2v) is 10.1. The predicted octanol–water partition coefficient (Wildman–Crippen LogP) is 5.23. The molecule has 0 unspecified atom stereocenters. The molecule has 9 heteroatoms. The normalized spacial score (nSPS) is 15.9. The van der Waals surface area contributed by atoms with Gasteiger partial charge in [0, 0.05) is 49.4 Å². The number of hydrogen-bond acceptors (Lipinski definition) is 5. The molecule has 2 rings (SSSR count). The Hall–Kier alpha value is -2.52. The molecule has 1 aliphatic heterocycles. The fourth-order valence-electron chi connectivity index (χ4n) is 3.70. The molecule has 188 valence electrons. The van der Waals surface area contributed by atoms with Crippen molar-refractivity contribution in [3.05, 3.63) is 66.3 Å². The second kappa shape index (κ2) is 11.8. The van der Waals surface area contributed by atoms with E-state index in [-0.39, 0.29) is 11.4 Å². The fraction of sp³-hybridized carbons (Fsp3) is 0.440. The van der Waals surface area contributed by atoms with Gasteiger partial charge in [0.15, 0.2) is 9.84 Å². The highest BCUT2D eigenvalue weighted by Gasteiger charge is 2.31. The minimum atomic E-state index is -4.50. The van der Waals surface area contributed by atoms with Gasteiger partial charge in [-0.1, -0.05) is 32.2 Å². The lowest BCUT2D eigenvalue weighted by Gasteiger charge is -2.34. The van der Waals surface area contributed by atoms with Crippen LogP contribution in [0.3, 0.4) is 0 Å². The van der Waals surface area contributed by atoms with Crippen LogP contribution in [0, 0.1) is 0 Å². The summed E-state index contributed by atoms with van der Waals surface area (Å²) in [6, 6.07) is 4.93. The van der Waals surface area contributed by atoms with E-state index in [0.29, 0.717) is 49.7 Å². The Bertz CT molecular complexity index is 1050. The summed E-state index contributed by atoms with van der Waals surface area (Å²) in [5.74, 6) is 0. The summed E-state index contributed by atoms with van der Waals surface area (Å²) >= 11 is 0. The highest BCUT2D eigenvalue weighted by molar-refractivity contribution is 7.90. The molecule has 0 saturated carbocycles. The number of benzene rings is 1. The Morgan fingerprint density at radius 1 is 1.26 bits per heavy atom. The number of anilines is 1. The zero-order valence-corrected chi connectivity index (χ0v) is 20.8. The number of morpholine rings is 1. The maximum absolute atomic E-state index is 13.3. The van der Waals surface area contributed by atoms with E-state index < -0.39 is 21.6 Å². The maximum atomic E-state index is 13.3. The topological polar surface area (TPSA) is 49.9 Å². The van der Waals surface area contributed by atoms with E-state index in [9.17, 15) is 21.6 Å². The summed E-state index contributed by atoms with van der Waals surface area (Å²) in [5, 5.41) is 0. The van der Waals surface area contributed by atoms with Crippen molar-refractivity contribution in [3.8, 4) is 0 Å². The first-order valence-electron chi connectivity index (χ1n) is 11.1. The predicted molar refractivity (Wildman–Crippen MR) is 132 cm³/mol. The molecule has 1 aliphatic rings. The van der Waals surface area contributed by atoms with E-state index in [2.05, 4.69) is 18.1 Å². The molecule has 0 aromatic heterocycles. The van der Waals surface area contributed by atoms with Gasteiger partial charge in [-0.2, -0.15) is 13.2 Å². The minimum Gasteiger partial charge on any atom is -0.378 e. The molecular formula is C25H33F3N2O3S. The van der Waals surface area contributed by atoms with Crippen LogP contribution in [-0.4, -0.2) is 65.1 Å². The highest BCUT2D eigenvalue weighted by Crippen LogP contribution is 2.33. The maximum Gasteiger partial charge on any atom is 0.416 e. The van der Waals surface area contributed by atoms with Gasteiger partial charge < -0.3 is 14.5 Å². The van der Waals surface area contributed by atoms with E-state index in [0.717, 1.165) is 30.5 Å². The van der Waals surface area contributed by atoms with Crippen LogP contribution < -0.4 is 4.90 Å². The lowest BCUT2D eigenvalue weighted by Crippen LogP contribution is -2.37. The Morgan fingerprint density at radius 2 is 1.91 bits per heavy atom. The zero-order valence-electron chi connectivity index (χ0n) is 20.0. The molecule has 1 fully saturated rings. The summed E-state index contributed by atoms with van der Waals surface area (Å²) in [5.41, 5.74) is 1.64. The van der Waals surface area contributed by atoms with Crippen molar-refractivity contribution in [3.63, 3.8) is 0 Å². The van der Waals surface area contributed by atoms with E-state index in [1.165, 1.54) is 0 Å². The van der Waals surface area contributed by atoms with Crippen LogP contribution in [0.5, 0.6) is 0 Å². The molecule has 0 N–H and O–H groups in total. The molecule has 5 nitrogen and oxygen atoms in total. The lowest BCUT2D eigenvalue weighted by molar-refractivity contribution is -0.0882. The Labute approximate surface area is 200 Å². The van der Waals surface area contributed by atoms with Crippen LogP contribution in [0.2, 0.25) is 0 Å². The molecular weight excluding hydrogens is 465 g/mol. The lowest BCUT2D eigenvalue weighted by atomic mass is 10.1. The van der Waals surface area contributed by atoms with Crippen molar-refractivity contribution in [2.45, 2.75) is 31.3 Å². The molecule has 1 saturated heterocycles. The van der Waals surface area contributed by atoms with Gasteiger partial charge in [0.05, 0.1) is 23.7 Å². The standard InChI is InChI=1S/C25H33F3N2O3S/c1-6-11-30(18-20(7-2)16-21(8-3)25(26,27)28)19(4)23-17-22(34(5,31)32)9-10-24(23)29-12-14-33-15-13-29/h7-10,16-17H,3-4,6,11-15,18H2,1-2,5H3/b20-7+,21-16+. The largest absolute Gasteiger partial charge is 0.416 e. The van der Waals surface area contributed by atoms with Crippen LogP contribution in [0.4, 0.5) is 18.9 Å². The van der Waals surface area contributed by atoms with E-state index in [4.69, 9.17) is 4.74 Å². The molecule has 0 bridgehead atoms. The van der Waals surface area contributed by atoms with Gasteiger partial charge in [-0.3, -0.25) is 0 Å². The van der Waals surface area contributed by atoms with Crippen molar-refractivity contribution in [2.24, 2.45) is 0 Å². The van der Waals surface area contributed by atoms with Gasteiger partial charge in [0.25, 0.3) is 0 Å². The molecule has 1 aromatic carbocycles. The number of alkyl halides is 3. The van der Waals surface area contributed by atoms with Crippen LogP contribution in [0.1, 0.15) is 25.8 Å². The summed E-state index contributed by atoms with van der Waals surface area (Å²) in [6.45, 7) is 14.3. The quantitative estimate of drug-likeness (QED) is 0.414. The molecule has 0 aliphatic carbocycles. The molecule has 0 atom stereocenters. The molecule has 34 heavy (non-hydrogen) atoms. The van der Waals surface area contributed by atoms with Gasteiger partial charge >= 0.3 is 6.18 Å². The van der Waals surface area contributed by atoms with Crippen molar-refractivity contribution in [1.29, 1.82) is 0 Å². The van der Waals surface area contributed by atoms with Crippen LogP contribution in [0.25, 0.3) is 5.70 Å². The first-order valence-corrected chi connectivity index (χ1v) is 13.0. The average Bonchev–Trinajstić information content (AvgIpc) is 2.79. The molecule has 0 spiro atoms. The Morgan fingerprint density at radius 3 is 2.41 bits per heavy atom. The first kappa shape index (κ1) is 27.7. The van der Waals surface area contributed by atoms with Gasteiger partial charge in [-0.05, 0) is 43.2 Å². The van der Waals surface area contributed by atoms with Gasteiger partial charge in [-0.15, -0.1) is 0 Å². The van der Waals surface area contributed by atoms with Crippen molar-refractivity contribution >= 4 is 21.2 Å². The SMILES string of the molecule is C=C/C(=C\C(=C/C)CN(CCC)C(=C)c1cc(S(C)(=O)=O)ccc1N1CCOCC1)C(F)(F)F. The third kappa shape index (κ3) is 7.24. The van der Waals surface area contributed by atoms with Crippen molar-refractivity contribution < 1.29 is 26.3 Å². The Balaban J connectivity index is 2.51. The Kier molecular flexibility index (Phi) is 9.58. The minimum absolute atomic E-state index is 0.161. The number of rotatable bonds is 10. The van der Waals surface area contributed by atoms with E-state index in [1.54, 1.807) is 31.2 Å². The number of allylic oxidation sites excluding steroid dienone is 3. The monoisotopic (exact) mass is 498 g/mol. The fourth-order valence-corrected chi connectivity index (χ4v) is 4.35. The van der Waals surface area contributed by atoms with E-state index in [1.807, 2.05) is 11.8 Å². The summed E-state index contributed by atoms with van der Waals surface area (Å²) in [4.78, 5) is 4.15. The third-order valence-electron chi connectivity index (χ3n) is 5.57. The summed E-state index contributed by atoms with van der Waals surface area (Å²) in [6.07, 6.45) is 0.875. The highest BCUT2D eigenvalue weighted by atomic mass is 32.2. The summed E-state index contributed by atoms with van der Waals surface area (Å²) in [7, 11) is -3.47. The number of sulfone groups is 1. The van der Waals surface area contributed by atoms with Crippen molar-refractivity contribution in [1.82, 2.24) is 4.90 Å². The zero-order chi connectivity index (χ0) is 25.5. The van der Waals surface area contributed by atoms with Crippen LogP contribution >= 0.6 is 0 Å². The third-order valence-corrected chi connectivity index (χ3v) is 6.68. The number of hydrogen-bond donors (Lipinski definition) is 0. The van der Waals surface area contributed by atoms with Crippen molar-refractivity contribution in [2.75, 3.05) is 50.5 Å². The van der Waals surface area contributed by atoms with E-state index >= 15 is 0 Å². The molecule has 1 aromatic rings. The van der Waals surface area contributed by atoms with Crippen LogP contribution in [0.15, 0.2) is 65.6 Å². The second-order valence-electron chi connectivity index (χ2n) is 8.08. The van der Waals surface area contributed by atoms with Gasteiger partial charge in [-0.25, -0.2) is 8.42 Å². The van der Waals surface area contributed by atoms with Crippen LogP contribution in [-0.2, 0) is 14.6 Å². The number of ether oxygens (including phenoxy) is 1. The average molecular weight is 499 g/mol. The molecule has 0 radical (unpaired) electrons. The molecule has 0 amide bonds. The smallest absolute Gasteiger partial charge is 0.378 e. The number of nitrogens with zero attached hydrogens (tertiary/aromatic N) is 2. The molecule has 1 heterocycles. The van der Waals surface area contributed by atoms with Gasteiger partial charge in [0.2, 0.25) is 0 Å².